The maximum absolute atomic E-state index is 12.7. The molecule has 1 rings (SSSR count). The van der Waals surface area contributed by atoms with Gasteiger partial charge in [-0.05, 0) is 12.8 Å². The van der Waals surface area contributed by atoms with Crippen molar-refractivity contribution in [2.45, 2.75) is 51.2 Å². The van der Waals surface area contributed by atoms with Gasteiger partial charge in [-0.15, -0.1) is 0 Å². The van der Waals surface area contributed by atoms with Gasteiger partial charge in [-0.3, -0.25) is 4.79 Å². The van der Waals surface area contributed by atoms with E-state index in [9.17, 15) is 24.6 Å². The van der Waals surface area contributed by atoms with Crippen LogP contribution in [0.3, 0.4) is 0 Å². The van der Waals surface area contributed by atoms with E-state index in [2.05, 4.69) is 0 Å². The molecule has 0 saturated heterocycles. The highest BCUT2D eigenvalue weighted by atomic mass is 16.6. The number of Topliss-reactive ketones (excluding diaryl/α,β-unsaturated/α-hetero) is 1. The number of hydrogen-bond acceptors (Lipinski definition) is 7. The Balaban J connectivity index is 3.09. The molecule has 0 radical (unpaired) electrons. The predicted molar refractivity (Wildman–Crippen MR) is 93.5 cm³/mol. The number of benzene rings is 1. The molecule has 1 aromatic rings. The molecule has 26 heavy (non-hydrogen) atoms. The van der Waals surface area contributed by atoms with Gasteiger partial charge in [-0.25, -0.2) is 9.59 Å². The standard InChI is InChI=1S/C19H26O7/c1-3-5-12-25-17(22)16(21)19(24,18(23)26-13-6-4-2)15(20)14-10-8-7-9-11-14/h7-11,16,21,24H,3-6,12-13H2,1-2H3. The van der Waals surface area contributed by atoms with E-state index >= 15 is 0 Å². The first-order chi connectivity index (χ1) is 12.4. The number of ether oxygens (including phenoxy) is 2. The van der Waals surface area contributed by atoms with Gasteiger partial charge in [0.05, 0.1) is 13.2 Å². The van der Waals surface area contributed by atoms with Gasteiger partial charge < -0.3 is 19.7 Å². The van der Waals surface area contributed by atoms with Gasteiger partial charge in [-0.1, -0.05) is 57.0 Å². The second-order valence-electron chi connectivity index (χ2n) is 5.87. The number of carbonyl (C=O) groups is 3. The van der Waals surface area contributed by atoms with Gasteiger partial charge in [0, 0.05) is 5.56 Å². The van der Waals surface area contributed by atoms with E-state index < -0.39 is 29.4 Å². The molecule has 7 nitrogen and oxygen atoms in total. The first-order valence-electron chi connectivity index (χ1n) is 8.73. The van der Waals surface area contributed by atoms with E-state index in [-0.39, 0.29) is 18.8 Å². The number of esters is 2. The molecule has 0 aliphatic heterocycles. The van der Waals surface area contributed by atoms with Gasteiger partial charge in [-0.2, -0.15) is 0 Å². The highest BCUT2D eigenvalue weighted by Gasteiger charge is 2.56. The van der Waals surface area contributed by atoms with Crippen molar-refractivity contribution in [3.05, 3.63) is 35.9 Å². The van der Waals surface area contributed by atoms with Crippen LogP contribution in [0.1, 0.15) is 49.9 Å². The molecule has 7 heteroatoms. The Morgan fingerprint density at radius 3 is 2.08 bits per heavy atom. The first kappa shape index (κ1) is 21.8. The molecule has 2 unspecified atom stereocenters. The van der Waals surface area contributed by atoms with Crippen molar-refractivity contribution in [1.29, 1.82) is 0 Å². The van der Waals surface area contributed by atoms with E-state index in [1.54, 1.807) is 6.07 Å². The molecule has 1 aromatic carbocycles. The van der Waals surface area contributed by atoms with Crippen LogP contribution in [0.2, 0.25) is 0 Å². The third-order valence-electron chi connectivity index (χ3n) is 3.79. The van der Waals surface area contributed by atoms with Crippen LogP contribution in [0, 0.1) is 0 Å². The molecule has 0 heterocycles. The molecule has 0 bridgehead atoms. The Kier molecular flexibility index (Phi) is 8.95. The van der Waals surface area contributed by atoms with E-state index in [1.165, 1.54) is 24.3 Å². The predicted octanol–water partition coefficient (Wildman–Crippen LogP) is 1.65. The van der Waals surface area contributed by atoms with Crippen LogP contribution in [0.15, 0.2) is 30.3 Å². The van der Waals surface area contributed by atoms with Crippen LogP contribution in [-0.4, -0.2) is 52.9 Å². The average molecular weight is 366 g/mol. The fourth-order valence-corrected chi connectivity index (χ4v) is 2.12. The normalized spacial score (nSPS) is 14.2. The maximum Gasteiger partial charge on any atom is 0.349 e. The molecule has 0 saturated carbocycles. The zero-order valence-corrected chi connectivity index (χ0v) is 15.1. The minimum Gasteiger partial charge on any atom is -0.464 e. The molecule has 0 aliphatic carbocycles. The summed E-state index contributed by atoms with van der Waals surface area (Å²) >= 11 is 0. The SMILES string of the molecule is CCCCOC(=O)C(O)C(O)(C(=O)OCCCC)C(=O)c1ccccc1. The maximum atomic E-state index is 12.7. The number of aliphatic hydroxyl groups is 2. The molecular formula is C19H26O7. The third kappa shape index (κ3) is 5.37. The lowest BCUT2D eigenvalue weighted by Crippen LogP contribution is -2.60. The number of unbranched alkanes of at least 4 members (excludes halogenated alkanes) is 2. The van der Waals surface area contributed by atoms with Crippen molar-refractivity contribution in [2.75, 3.05) is 13.2 Å². The topological polar surface area (TPSA) is 110 Å². The van der Waals surface area contributed by atoms with Crippen LogP contribution >= 0.6 is 0 Å². The number of hydrogen-bond donors (Lipinski definition) is 2. The van der Waals surface area contributed by atoms with E-state index in [4.69, 9.17) is 9.47 Å². The van der Waals surface area contributed by atoms with Gasteiger partial charge >= 0.3 is 11.9 Å². The van der Waals surface area contributed by atoms with Gasteiger partial charge in [0.2, 0.25) is 5.78 Å². The summed E-state index contributed by atoms with van der Waals surface area (Å²) in [6.45, 7) is 3.71. The molecule has 0 aromatic heterocycles. The van der Waals surface area contributed by atoms with Crippen molar-refractivity contribution in [3.63, 3.8) is 0 Å². The lowest BCUT2D eigenvalue weighted by molar-refractivity contribution is -0.182. The highest BCUT2D eigenvalue weighted by Crippen LogP contribution is 2.22. The lowest BCUT2D eigenvalue weighted by Gasteiger charge is -2.28. The fraction of sp³-hybridized carbons (Fsp3) is 0.526. The quantitative estimate of drug-likeness (QED) is 0.265. The molecule has 0 fully saturated rings. The van der Waals surface area contributed by atoms with Crippen LogP contribution in [0.5, 0.6) is 0 Å². The molecule has 0 aliphatic rings. The third-order valence-corrected chi connectivity index (χ3v) is 3.79. The van der Waals surface area contributed by atoms with Crippen molar-refractivity contribution in [2.24, 2.45) is 0 Å². The van der Waals surface area contributed by atoms with E-state index in [1.807, 2.05) is 13.8 Å². The fourth-order valence-electron chi connectivity index (χ4n) is 2.12. The molecule has 2 atom stereocenters. The summed E-state index contributed by atoms with van der Waals surface area (Å²) in [6.07, 6.45) is 0.138. The number of aliphatic hydroxyl groups excluding tert-OH is 1. The Morgan fingerprint density at radius 2 is 1.54 bits per heavy atom. The van der Waals surface area contributed by atoms with Crippen LogP contribution in [-0.2, 0) is 19.1 Å². The summed E-state index contributed by atoms with van der Waals surface area (Å²) in [5, 5.41) is 21.0. The van der Waals surface area contributed by atoms with Gasteiger partial charge in [0.25, 0.3) is 5.60 Å². The van der Waals surface area contributed by atoms with E-state index in [0.29, 0.717) is 12.8 Å². The number of rotatable bonds is 11. The number of ketones is 1. The van der Waals surface area contributed by atoms with Crippen molar-refractivity contribution >= 4 is 17.7 Å². The summed E-state index contributed by atoms with van der Waals surface area (Å²) in [6, 6.07) is 7.43. The van der Waals surface area contributed by atoms with Crippen LogP contribution < -0.4 is 0 Å². The minimum absolute atomic E-state index is 0.00683. The van der Waals surface area contributed by atoms with Crippen molar-refractivity contribution in [1.82, 2.24) is 0 Å². The Hall–Kier alpha value is -2.25. The lowest BCUT2D eigenvalue weighted by atomic mass is 9.87. The van der Waals surface area contributed by atoms with Crippen LogP contribution in [0.4, 0.5) is 0 Å². The second kappa shape index (κ2) is 10.7. The second-order valence-corrected chi connectivity index (χ2v) is 5.87. The Morgan fingerprint density at radius 1 is 1.00 bits per heavy atom. The van der Waals surface area contributed by atoms with Crippen molar-refractivity contribution < 1.29 is 34.1 Å². The zero-order chi connectivity index (χ0) is 19.6. The molecule has 0 spiro atoms. The van der Waals surface area contributed by atoms with Crippen LogP contribution in [0.25, 0.3) is 0 Å². The summed E-state index contributed by atoms with van der Waals surface area (Å²) in [7, 11) is 0. The van der Waals surface area contributed by atoms with Gasteiger partial charge in [0.1, 0.15) is 0 Å². The summed E-state index contributed by atoms with van der Waals surface area (Å²) in [4.78, 5) is 37.1. The average Bonchev–Trinajstić information content (AvgIpc) is 2.67. The molecule has 0 amide bonds. The van der Waals surface area contributed by atoms with Gasteiger partial charge in [0.15, 0.2) is 6.10 Å². The number of carbonyl (C=O) groups excluding carboxylic acids is 3. The zero-order valence-electron chi connectivity index (χ0n) is 15.1. The summed E-state index contributed by atoms with van der Waals surface area (Å²) in [5.41, 5.74) is -3.11. The first-order valence-corrected chi connectivity index (χ1v) is 8.73. The smallest absolute Gasteiger partial charge is 0.349 e. The molecule has 144 valence electrons. The molecule has 2 N–H and O–H groups in total. The molecular weight excluding hydrogens is 340 g/mol. The van der Waals surface area contributed by atoms with E-state index in [0.717, 1.165) is 12.8 Å². The summed E-state index contributed by atoms with van der Waals surface area (Å²) < 4.78 is 9.75. The Labute approximate surface area is 152 Å². The highest BCUT2D eigenvalue weighted by molar-refractivity contribution is 6.18. The minimum atomic E-state index is -3.07. The summed E-state index contributed by atoms with van der Waals surface area (Å²) in [5.74, 6) is -3.75. The van der Waals surface area contributed by atoms with Crippen molar-refractivity contribution in [3.8, 4) is 0 Å². The Bertz CT molecular complexity index is 599. The largest absolute Gasteiger partial charge is 0.464 e. The monoisotopic (exact) mass is 366 g/mol.